The second-order valence-electron chi connectivity index (χ2n) is 5.59. The van der Waals surface area contributed by atoms with Crippen LogP contribution in [0.1, 0.15) is 45.4 Å². The molecule has 1 saturated heterocycles. The first kappa shape index (κ1) is 17.3. The molecule has 1 rings (SSSR count). The van der Waals surface area contributed by atoms with Gasteiger partial charge in [0.1, 0.15) is 0 Å². The van der Waals surface area contributed by atoms with Crippen molar-refractivity contribution in [2.75, 3.05) is 19.6 Å². The molecule has 1 amide bonds. The maximum absolute atomic E-state index is 12.5. The highest BCUT2D eigenvalue weighted by Crippen LogP contribution is 2.34. The first-order valence-electron chi connectivity index (χ1n) is 7.43. The van der Waals surface area contributed by atoms with Crippen molar-refractivity contribution >= 4 is 5.91 Å². The van der Waals surface area contributed by atoms with E-state index in [0.717, 1.165) is 19.3 Å². The Balaban J connectivity index is 2.32. The van der Waals surface area contributed by atoms with Crippen LogP contribution in [0, 0.1) is 11.8 Å². The Morgan fingerprint density at radius 3 is 2.35 bits per heavy atom. The summed E-state index contributed by atoms with van der Waals surface area (Å²) in [5.41, 5.74) is 5.51. The van der Waals surface area contributed by atoms with Crippen LogP contribution in [0.4, 0.5) is 13.2 Å². The Kier molecular flexibility index (Phi) is 6.79. The van der Waals surface area contributed by atoms with Crippen LogP contribution in [-0.4, -0.2) is 36.6 Å². The quantitative estimate of drug-likeness (QED) is 0.818. The number of hydrogen-bond donors (Lipinski definition) is 1. The number of carbonyl (C=O) groups is 1. The molecule has 0 saturated carbocycles. The summed E-state index contributed by atoms with van der Waals surface area (Å²) in [5, 5.41) is 0. The van der Waals surface area contributed by atoms with Crippen LogP contribution in [0.25, 0.3) is 0 Å². The molecule has 1 heterocycles. The van der Waals surface area contributed by atoms with E-state index in [9.17, 15) is 18.0 Å². The summed E-state index contributed by atoms with van der Waals surface area (Å²) in [6, 6.07) is 0. The highest BCUT2D eigenvalue weighted by atomic mass is 19.4. The SMILES string of the molecule is CCC(CCN)CCC(=O)N1CCC(C(F)(F)F)CC1. The molecule has 0 aromatic heterocycles. The van der Waals surface area contributed by atoms with Gasteiger partial charge in [0.05, 0.1) is 5.92 Å². The number of carbonyl (C=O) groups excluding carboxylic acids is 1. The Morgan fingerprint density at radius 1 is 1.30 bits per heavy atom. The largest absolute Gasteiger partial charge is 0.391 e. The average Bonchev–Trinajstić information content (AvgIpc) is 2.42. The van der Waals surface area contributed by atoms with E-state index in [2.05, 4.69) is 6.92 Å². The summed E-state index contributed by atoms with van der Waals surface area (Å²) >= 11 is 0. The third-order valence-electron chi connectivity index (χ3n) is 4.23. The standard InChI is InChI=1S/C14H25F3N2O/c1-2-11(5-8-18)3-4-13(20)19-9-6-12(7-10-19)14(15,16)17/h11-12H,2-10,18H2,1H3. The van der Waals surface area contributed by atoms with Crippen molar-refractivity contribution in [2.45, 2.75) is 51.6 Å². The minimum Gasteiger partial charge on any atom is -0.343 e. The highest BCUT2D eigenvalue weighted by Gasteiger charge is 2.41. The van der Waals surface area contributed by atoms with E-state index in [-0.39, 0.29) is 31.8 Å². The molecule has 1 atom stereocenters. The fourth-order valence-corrected chi connectivity index (χ4v) is 2.73. The molecule has 0 aromatic carbocycles. The second-order valence-corrected chi connectivity index (χ2v) is 5.59. The lowest BCUT2D eigenvalue weighted by molar-refractivity contribution is -0.186. The van der Waals surface area contributed by atoms with Gasteiger partial charge in [-0.2, -0.15) is 13.2 Å². The molecule has 1 aliphatic heterocycles. The van der Waals surface area contributed by atoms with Crippen molar-refractivity contribution in [3.63, 3.8) is 0 Å². The number of amides is 1. The van der Waals surface area contributed by atoms with E-state index in [1.165, 1.54) is 0 Å². The lowest BCUT2D eigenvalue weighted by Gasteiger charge is -2.33. The summed E-state index contributed by atoms with van der Waals surface area (Å²) in [5.74, 6) is -0.815. The van der Waals surface area contributed by atoms with Crippen LogP contribution >= 0.6 is 0 Å². The van der Waals surface area contributed by atoms with Crippen molar-refractivity contribution in [1.29, 1.82) is 0 Å². The van der Waals surface area contributed by atoms with Gasteiger partial charge in [0.2, 0.25) is 5.91 Å². The summed E-state index contributed by atoms with van der Waals surface area (Å²) in [6.45, 7) is 3.15. The van der Waals surface area contributed by atoms with E-state index < -0.39 is 12.1 Å². The molecule has 118 valence electrons. The van der Waals surface area contributed by atoms with Gasteiger partial charge in [-0.15, -0.1) is 0 Å². The first-order valence-corrected chi connectivity index (χ1v) is 7.43. The first-order chi connectivity index (χ1) is 9.38. The van der Waals surface area contributed by atoms with E-state index in [4.69, 9.17) is 5.73 Å². The van der Waals surface area contributed by atoms with E-state index in [1.54, 1.807) is 4.90 Å². The Hall–Kier alpha value is -0.780. The normalized spacial score (nSPS) is 19.1. The molecule has 6 heteroatoms. The van der Waals surface area contributed by atoms with E-state index >= 15 is 0 Å². The van der Waals surface area contributed by atoms with Gasteiger partial charge in [0.25, 0.3) is 0 Å². The fourth-order valence-electron chi connectivity index (χ4n) is 2.73. The van der Waals surface area contributed by atoms with Crippen LogP contribution in [-0.2, 0) is 4.79 Å². The predicted octanol–water partition coefficient (Wildman–Crippen LogP) is 2.94. The van der Waals surface area contributed by atoms with Gasteiger partial charge in [-0.1, -0.05) is 13.3 Å². The highest BCUT2D eigenvalue weighted by molar-refractivity contribution is 5.76. The molecular weight excluding hydrogens is 269 g/mol. The molecule has 0 bridgehead atoms. The number of likely N-dealkylation sites (tertiary alicyclic amines) is 1. The topological polar surface area (TPSA) is 46.3 Å². The van der Waals surface area contributed by atoms with E-state index in [0.29, 0.717) is 18.9 Å². The molecule has 3 nitrogen and oxygen atoms in total. The molecule has 20 heavy (non-hydrogen) atoms. The van der Waals surface area contributed by atoms with Crippen molar-refractivity contribution in [3.8, 4) is 0 Å². The molecule has 1 unspecified atom stereocenters. The number of nitrogens with zero attached hydrogens (tertiary/aromatic N) is 1. The second kappa shape index (κ2) is 7.86. The zero-order chi connectivity index (χ0) is 15.2. The Labute approximate surface area is 118 Å². The third-order valence-corrected chi connectivity index (χ3v) is 4.23. The summed E-state index contributed by atoms with van der Waals surface area (Å²) in [7, 11) is 0. The van der Waals surface area contributed by atoms with Gasteiger partial charge >= 0.3 is 6.18 Å². The monoisotopic (exact) mass is 294 g/mol. The van der Waals surface area contributed by atoms with Crippen LogP contribution in [0.3, 0.4) is 0 Å². The van der Waals surface area contributed by atoms with Crippen molar-refractivity contribution < 1.29 is 18.0 Å². The van der Waals surface area contributed by atoms with Crippen molar-refractivity contribution in [3.05, 3.63) is 0 Å². The molecule has 0 spiro atoms. The van der Waals surface area contributed by atoms with Gasteiger partial charge < -0.3 is 10.6 Å². The Bertz CT molecular complexity index is 299. The fraction of sp³-hybridized carbons (Fsp3) is 0.929. The number of hydrogen-bond acceptors (Lipinski definition) is 2. The molecule has 0 aromatic rings. The van der Waals surface area contributed by atoms with Gasteiger partial charge in [-0.25, -0.2) is 0 Å². The van der Waals surface area contributed by atoms with Crippen LogP contribution in [0.2, 0.25) is 0 Å². The zero-order valence-corrected chi connectivity index (χ0v) is 12.1. The maximum atomic E-state index is 12.5. The van der Waals surface area contributed by atoms with Gasteiger partial charge in [0.15, 0.2) is 0 Å². The third kappa shape index (κ3) is 5.31. The van der Waals surface area contributed by atoms with Crippen molar-refractivity contribution in [1.82, 2.24) is 4.90 Å². The Morgan fingerprint density at radius 2 is 1.90 bits per heavy atom. The lowest BCUT2D eigenvalue weighted by atomic mass is 9.94. The van der Waals surface area contributed by atoms with Gasteiger partial charge in [0, 0.05) is 19.5 Å². The smallest absolute Gasteiger partial charge is 0.343 e. The van der Waals surface area contributed by atoms with Crippen LogP contribution < -0.4 is 5.73 Å². The number of piperidine rings is 1. The van der Waals surface area contributed by atoms with Crippen LogP contribution in [0.5, 0.6) is 0 Å². The maximum Gasteiger partial charge on any atom is 0.391 e. The lowest BCUT2D eigenvalue weighted by Crippen LogP contribution is -2.42. The molecule has 1 fully saturated rings. The summed E-state index contributed by atoms with van der Waals surface area (Å²) < 4.78 is 37.6. The number of alkyl halides is 3. The molecule has 2 N–H and O–H groups in total. The number of nitrogens with two attached hydrogens (primary N) is 1. The van der Waals surface area contributed by atoms with Crippen molar-refractivity contribution in [2.24, 2.45) is 17.6 Å². The van der Waals surface area contributed by atoms with Crippen LogP contribution in [0.15, 0.2) is 0 Å². The number of halogens is 3. The minimum absolute atomic E-state index is 0.0129. The average molecular weight is 294 g/mol. The zero-order valence-electron chi connectivity index (χ0n) is 12.1. The molecule has 1 aliphatic rings. The van der Waals surface area contributed by atoms with Gasteiger partial charge in [-0.3, -0.25) is 4.79 Å². The summed E-state index contributed by atoms with van der Waals surface area (Å²) in [6.07, 6.45) is -0.949. The predicted molar refractivity (Wildman–Crippen MR) is 72.0 cm³/mol. The summed E-state index contributed by atoms with van der Waals surface area (Å²) in [4.78, 5) is 13.6. The molecule has 0 aliphatic carbocycles. The minimum atomic E-state index is -4.12. The number of rotatable bonds is 6. The molecule has 0 radical (unpaired) electrons. The van der Waals surface area contributed by atoms with Gasteiger partial charge in [-0.05, 0) is 38.1 Å². The molecular formula is C14H25F3N2O. The van der Waals surface area contributed by atoms with E-state index in [1.807, 2.05) is 0 Å².